The summed E-state index contributed by atoms with van der Waals surface area (Å²) in [7, 11) is 0. The first-order valence-corrected chi connectivity index (χ1v) is 7.64. The quantitative estimate of drug-likeness (QED) is 0.603. The molecule has 0 unspecified atom stereocenters. The van der Waals surface area contributed by atoms with E-state index in [0.717, 1.165) is 20.9 Å². The van der Waals surface area contributed by atoms with E-state index in [2.05, 4.69) is 26.2 Å². The smallest absolute Gasteiger partial charge is 0.272 e. The van der Waals surface area contributed by atoms with Crippen molar-refractivity contribution in [1.29, 1.82) is 0 Å². The van der Waals surface area contributed by atoms with E-state index < -0.39 is 0 Å². The third-order valence-electron chi connectivity index (χ3n) is 3.09. The van der Waals surface area contributed by atoms with Crippen molar-refractivity contribution in [2.24, 2.45) is 0 Å². The Balaban J connectivity index is 1.98. The van der Waals surface area contributed by atoms with E-state index in [1.165, 1.54) is 6.07 Å². The Morgan fingerprint density at radius 3 is 2.48 bits per heavy atom. The summed E-state index contributed by atoms with van der Waals surface area (Å²) in [6.45, 7) is 0. The van der Waals surface area contributed by atoms with Crippen molar-refractivity contribution in [3.8, 4) is 0 Å². The predicted octanol–water partition coefficient (Wildman–Crippen LogP) is 5.49. The molecule has 3 rings (SSSR count). The minimum atomic E-state index is -0.295. The molecule has 0 atom stereocenters. The summed E-state index contributed by atoms with van der Waals surface area (Å²) in [5, 5.41) is 5.41. The van der Waals surface area contributed by atoms with Crippen LogP contribution in [0, 0.1) is 0 Å². The molecule has 3 nitrogen and oxygen atoms in total. The second-order valence-electron chi connectivity index (χ2n) is 4.44. The van der Waals surface area contributed by atoms with Crippen molar-refractivity contribution in [2.75, 3.05) is 5.32 Å². The number of carbonyl (C=O) groups is 1. The minimum absolute atomic E-state index is 0.252. The maximum Gasteiger partial charge on any atom is 0.272 e. The molecule has 2 N–H and O–H groups in total. The standard InChI is InChI=1S/C15H9BrCl2N2O/c16-10-5-6-12(9-4-2-1-3-8(9)10)20-15(21)13-7-11(17)14(18)19-13/h1-7,19H,(H,20,21). The van der Waals surface area contributed by atoms with E-state index in [9.17, 15) is 4.79 Å². The number of rotatable bonds is 2. The van der Waals surface area contributed by atoms with Crippen LogP contribution in [0.5, 0.6) is 0 Å². The lowest BCUT2D eigenvalue weighted by molar-refractivity contribution is 0.102. The highest BCUT2D eigenvalue weighted by Gasteiger charge is 2.13. The number of hydrogen-bond donors (Lipinski definition) is 2. The van der Waals surface area contributed by atoms with Crippen LogP contribution in [0.15, 0.2) is 46.9 Å². The molecule has 106 valence electrons. The summed E-state index contributed by atoms with van der Waals surface area (Å²) in [6.07, 6.45) is 0. The zero-order valence-corrected chi connectivity index (χ0v) is 13.7. The Labute approximate surface area is 139 Å². The summed E-state index contributed by atoms with van der Waals surface area (Å²) in [5.74, 6) is -0.295. The van der Waals surface area contributed by atoms with Gasteiger partial charge in [-0.1, -0.05) is 63.4 Å². The second-order valence-corrected chi connectivity index (χ2v) is 6.08. The van der Waals surface area contributed by atoms with Gasteiger partial charge in [0, 0.05) is 15.5 Å². The molecule has 0 saturated carbocycles. The molecule has 1 amide bonds. The molecule has 0 radical (unpaired) electrons. The van der Waals surface area contributed by atoms with Gasteiger partial charge < -0.3 is 10.3 Å². The van der Waals surface area contributed by atoms with Gasteiger partial charge in [-0.05, 0) is 23.6 Å². The van der Waals surface area contributed by atoms with Gasteiger partial charge in [0.15, 0.2) is 0 Å². The number of carbonyl (C=O) groups excluding carboxylic acids is 1. The molecular weight excluding hydrogens is 375 g/mol. The summed E-state index contributed by atoms with van der Waals surface area (Å²) in [4.78, 5) is 15.0. The third-order valence-corrected chi connectivity index (χ3v) is 4.47. The van der Waals surface area contributed by atoms with Crippen LogP contribution in [0.3, 0.4) is 0 Å². The van der Waals surface area contributed by atoms with E-state index in [1.807, 2.05) is 36.4 Å². The van der Waals surface area contributed by atoms with Crippen molar-refractivity contribution in [3.05, 3.63) is 62.8 Å². The number of anilines is 1. The largest absolute Gasteiger partial charge is 0.340 e. The highest BCUT2D eigenvalue weighted by atomic mass is 79.9. The predicted molar refractivity (Wildman–Crippen MR) is 90.4 cm³/mol. The molecule has 0 spiro atoms. The number of fused-ring (bicyclic) bond motifs is 1. The summed E-state index contributed by atoms with van der Waals surface area (Å²) in [6, 6.07) is 13.0. The molecule has 21 heavy (non-hydrogen) atoms. The van der Waals surface area contributed by atoms with Crippen molar-refractivity contribution < 1.29 is 4.79 Å². The zero-order chi connectivity index (χ0) is 15.0. The van der Waals surface area contributed by atoms with Crippen LogP contribution < -0.4 is 5.32 Å². The van der Waals surface area contributed by atoms with Crippen molar-refractivity contribution in [1.82, 2.24) is 4.98 Å². The van der Waals surface area contributed by atoms with Crippen LogP contribution in [-0.2, 0) is 0 Å². The van der Waals surface area contributed by atoms with E-state index >= 15 is 0 Å². The van der Waals surface area contributed by atoms with Gasteiger partial charge in [0.05, 0.1) is 5.02 Å². The van der Waals surface area contributed by atoms with E-state index in [-0.39, 0.29) is 11.1 Å². The molecule has 2 aromatic carbocycles. The van der Waals surface area contributed by atoms with Crippen LogP contribution in [0.2, 0.25) is 10.2 Å². The number of nitrogens with one attached hydrogen (secondary N) is 2. The van der Waals surface area contributed by atoms with Gasteiger partial charge in [0.1, 0.15) is 10.8 Å². The first-order valence-electron chi connectivity index (χ1n) is 6.09. The van der Waals surface area contributed by atoms with Crippen molar-refractivity contribution >= 4 is 61.5 Å². The molecule has 1 heterocycles. The van der Waals surface area contributed by atoms with Gasteiger partial charge in [0.2, 0.25) is 0 Å². The molecule has 0 fully saturated rings. The van der Waals surface area contributed by atoms with Crippen molar-refractivity contribution in [2.45, 2.75) is 0 Å². The van der Waals surface area contributed by atoms with E-state index in [0.29, 0.717) is 10.7 Å². The molecule has 0 aliphatic carbocycles. The number of hydrogen-bond acceptors (Lipinski definition) is 1. The Kier molecular flexibility index (Phi) is 3.93. The van der Waals surface area contributed by atoms with E-state index in [1.54, 1.807) is 0 Å². The fraction of sp³-hybridized carbons (Fsp3) is 0. The monoisotopic (exact) mass is 382 g/mol. The first-order chi connectivity index (χ1) is 10.1. The molecule has 6 heteroatoms. The van der Waals surface area contributed by atoms with Gasteiger partial charge in [-0.3, -0.25) is 4.79 Å². The third kappa shape index (κ3) is 2.79. The Morgan fingerprint density at radius 2 is 1.81 bits per heavy atom. The Morgan fingerprint density at radius 1 is 1.10 bits per heavy atom. The minimum Gasteiger partial charge on any atom is -0.340 e. The fourth-order valence-electron chi connectivity index (χ4n) is 2.09. The average Bonchev–Trinajstić information content (AvgIpc) is 2.82. The van der Waals surface area contributed by atoms with Gasteiger partial charge in [-0.25, -0.2) is 0 Å². The highest BCUT2D eigenvalue weighted by molar-refractivity contribution is 9.10. The number of amides is 1. The summed E-state index contributed by atoms with van der Waals surface area (Å²) >= 11 is 15.2. The molecule has 1 aromatic heterocycles. The number of aromatic amines is 1. The lowest BCUT2D eigenvalue weighted by atomic mass is 10.1. The second kappa shape index (κ2) is 5.72. The molecular formula is C15H9BrCl2N2O. The summed E-state index contributed by atoms with van der Waals surface area (Å²) in [5.41, 5.74) is 1.04. The fourth-order valence-corrected chi connectivity index (χ4v) is 2.88. The molecule has 0 saturated heterocycles. The van der Waals surface area contributed by atoms with Gasteiger partial charge in [-0.15, -0.1) is 0 Å². The van der Waals surface area contributed by atoms with Crippen LogP contribution in [0.25, 0.3) is 10.8 Å². The number of benzene rings is 2. The lowest BCUT2D eigenvalue weighted by Gasteiger charge is -2.09. The Hall–Kier alpha value is -1.49. The van der Waals surface area contributed by atoms with Crippen LogP contribution >= 0.6 is 39.1 Å². The van der Waals surface area contributed by atoms with Crippen LogP contribution in [0.1, 0.15) is 10.5 Å². The molecule has 0 bridgehead atoms. The van der Waals surface area contributed by atoms with Crippen molar-refractivity contribution in [3.63, 3.8) is 0 Å². The van der Waals surface area contributed by atoms with Gasteiger partial charge in [-0.2, -0.15) is 0 Å². The van der Waals surface area contributed by atoms with E-state index in [4.69, 9.17) is 23.2 Å². The maximum absolute atomic E-state index is 12.2. The number of halogens is 3. The molecule has 0 aliphatic rings. The molecule has 0 aliphatic heterocycles. The maximum atomic E-state index is 12.2. The topological polar surface area (TPSA) is 44.9 Å². The van der Waals surface area contributed by atoms with Crippen LogP contribution in [0.4, 0.5) is 5.69 Å². The number of H-pyrrole nitrogens is 1. The molecule has 3 aromatic rings. The van der Waals surface area contributed by atoms with Gasteiger partial charge in [0.25, 0.3) is 5.91 Å². The normalized spacial score (nSPS) is 10.8. The Bertz CT molecular complexity index is 825. The SMILES string of the molecule is O=C(Nc1ccc(Br)c2ccccc12)c1cc(Cl)c(Cl)[nH]1. The van der Waals surface area contributed by atoms with Gasteiger partial charge >= 0.3 is 0 Å². The highest BCUT2D eigenvalue weighted by Crippen LogP contribution is 2.30. The first kappa shape index (κ1) is 14.4. The summed E-state index contributed by atoms with van der Waals surface area (Å²) < 4.78 is 0.974. The zero-order valence-electron chi connectivity index (χ0n) is 10.6. The van der Waals surface area contributed by atoms with Crippen LogP contribution in [-0.4, -0.2) is 10.9 Å². The average molecular weight is 384 g/mol. The number of aromatic nitrogens is 1. The lowest BCUT2D eigenvalue weighted by Crippen LogP contribution is -2.12.